The quantitative estimate of drug-likeness (QED) is 0.837. The van der Waals surface area contributed by atoms with Gasteiger partial charge < -0.3 is 10.0 Å². The zero-order chi connectivity index (χ0) is 15.6. The van der Waals surface area contributed by atoms with Crippen molar-refractivity contribution in [1.29, 1.82) is 0 Å². The van der Waals surface area contributed by atoms with Crippen LogP contribution in [0.2, 0.25) is 0 Å². The number of hydrogen-bond acceptors (Lipinski definition) is 4. The first-order valence-electron chi connectivity index (χ1n) is 6.58. The van der Waals surface area contributed by atoms with Crippen molar-refractivity contribution in [3.63, 3.8) is 0 Å². The van der Waals surface area contributed by atoms with Crippen LogP contribution in [0.1, 0.15) is 27.7 Å². The van der Waals surface area contributed by atoms with Crippen molar-refractivity contribution >= 4 is 15.7 Å². The van der Waals surface area contributed by atoms with E-state index in [4.69, 9.17) is 0 Å². The smallest absolute Gasteiger partial charge is 0.242 e. The van der Waals surface area contributed by atoms with Crippen LogP contribution < -0.4 is 9.62 Å². The Bertz CT molecular complexity index is 548. The van der Waals surface area contributed by atoms with Crippen LogP contribution in [-0.2, 0) is 10.0 Å². The van der Waals surface area contributed by atoms with Crippen molar-refractivity contribution in [3.05, 3.63) is 24.3 Å². The highest BCUT2D eigenvalue weighted by Crippen LogP contribution is 2.25. The molecule has 0 atom stereocenters. The minimum atomic E-state index is -3.56. The van der Waals surface area contributed by atoms with Gasteiger partial charge in [0.25, 0.3) is 0 Å². The Kier molecular flexibility index (Phi) is 5.18. The molecule has 0 aliphatic rings. The van der Waals surface area contributed by atoms with Crippen molar-refractivity contribution in [2.75, 3.05) is 18.5 Å². The fourth-order valence-corrected chi connectivity index (χ4v) is 3.54. The van der Waals surface area contributed by atoms with Crippen LogP contribution in [0, 0.1) is 0 Å². The molecule has 0 radical (unpaired) electrons. The number of rotatable bonds is 6. The second-order valence-corrected chi connectivity index (χ2v) is 7.59. The number of benzene rings is 1. The third-order valence-electron chi connectivity index (χ3n) is 2.58. The number of hydrogen-bond donors (Lipinski definition) is 2. The molecule has 1 aromatic carbocycles. The maximum atomic E-state index is 12.3. The molecule has 0 saturated heterocycles. The average Bonchev–Trinajstić information content (AvgIpc) is 2.25. The van der Waals surface area contributed by atoms with Gasteiger partial charge in [-0.15, -0.1) is 0 Å². The lowest BCUT2D eigenvalue weighted by Gasteiger charge is -2.28. The van der Waals surface area contributed by atoms with Crippen molar-refractivity contribution in [1.82, 2.24) is 4.72 Å². The van der Waals surface area contributed by atoms with E-state index in [0.717, 1.165) is 0 Å². The van der Waals surface area contributed by atoms with Gasteiger partial charge in [0.2, 0.25) is 10.0 Å². The SMILES string of the molecule is CC(C)NS(=O)(=O)c1ccccc1N(C)CC(C)(C)O. The first-order chi connectivity index (χ1) is 9.03. The molecule has 0 amide bonds. The number of anilines is 1. The summed E-state index contributed by atoms with van der Waals surface area (Å²) in [6.07, 6.45) is 0. The van der Waals surface area contributed by atoms with Crippen LogP contribution in [-0.4, -0.2) is 38.8 Å². The molecule has 0 bridgehead atoms. The number of nitrogens with zero attached hydrogens (tertiary/aromatic N) is 1. The van der Waals surface area contributed by atoms with Crippen LogP contribution >= 0.6 is 0 Å². The summed E-state index contributed by atoms with van der Waals surface area (Å²) in [4.78, 5) is 1.97. The first-order valence-corrected chi connectivity index (χ1v) is 8.06. The monoisotopic (exact) mass is 300 g/mol. The number of para-hydroxylation sites is 1. The molecule has 6 heteroatoms. The van der Waals surface area contributed by atoms with E-state index in [9.17, 15) is 13.5 Å². The highest BCUT2D eigenvalue weighted by Gasteiger charge is 2.23. The summed E-state index contributed by atoms with van der Waals surface area (Å²) < 4.78 is 27.2. The lowest BCUT2D eigenvalue weighted by molar-refractivity contribution is 0.0885. The molecule has 0 aromatic heterocycles. The van der Waals surface area contributed by atoms with Gasteiger partial charge in [-0.05, 0) is 39.8 Å². The van der Waals surface area contributed by atoms with Gasteiger partial charge in [0.1, 0.15) is 4.90 Å². The summed E-state index contributed by atoms with van der Waals surface area (Å²) in [5.41, 5.74) is -0.334. The Balaban J connectivity index is 3.18. The molecule has 5 nitrogen and oxygen atoms in total. The Morgan fingerprint density at radius 3 is 2.35 bits per heavy atom. The zero-order valence-electron chi connectivity index (χ0n) is 12.7. The summed E-state index contributed by atoms with van der Waals surface area (Å²) in [6, 6.07) is 6.61. The molecule has 0 aliphatic heterocycles. The predicted molar refractivity (Wildman–Crippen MR) is 81.5 cm³/mol. The largest absolute Gasteiger partial charge is 0.389 e. The van der Waals surface area contributed by atoms with E-state index in [1.165, 1.54) is 0 Å². The molecule has 0 saturated carbocycles. The minimum absolute atomic E-state index is 0.173. The first kappa shape index (κ1) is 16.9. The highest BCUT2D eigenvalue weighted by molar-refractivity contribution is 7.89. The van der Waals surface area contributed by atoms with Gasteiger partial charge in [0.05, 0.1) is 11.3 Å². The van der Waals surface area contributed by atoms with E-state index in [-0.39, 0.29) is 10.9 Å². The van der Waals surface area contributed by atoms with E-state index < -0.39 is 15.6 Å². The average molecular weight is 300 g/mol. The molecule has 2 N–H and O–H groups in total. The van der Waals surface area contributed by atoms with Gasteiger partial charge in [-0.3, -0.25) is 0 Å². The maximum absolute atomic E-state index is 12.3. The molecule has 0 fully saturated rings. The van der Waals surface area contributed by atoms with Crippen molar-refractivity contribution in [3.8, 4) is 0 Å². The number of aliphatic hydroxyl groups is 1. The molecule has 1 aromatic rings. The van der Waals surface area contributed by atoms with Crippen LogP contribution in [0.15, 0.2) is 29.2 Å². The normalized spacial score (nSPS) is 12.8. The van der Waals surface area contributed by atoms with Crippen molar-refractivity contribution in [2.24, 2.45) is 0 Å². The van der Waals surface area contributed by atoms with Crippen molar-refractivity contribution in [2.45, 2.75) is 44.2 Å². The van der Waals surface area contributed by atoms with Crippen LogP contribution in [0.3, 0.4) is 0 Å². The second-order valence-electron chi connectivity index (χ2n) is 5.91. The molecule has 0 heterocycles. The standard InChI is InChI=1S/C14H24N2O3S/c1-11(2)15-20(18,19)13-9-7-6-8-12(13)16(5)10-14(3,4)17/h6-9,11,15,17H,10H2,1-5H3. The fourth-order valence-electron chi connectivity index (χ4n) is 2.04. The third kappa shape index (κ3) is 4.77. The lowest BCUT2D eigenvalue weighted by Crippen LogP contribution is -2.38. The van der Waals surface area contributed by atoms with Crippen LogP contribution in [0.25, 0.3) is 0 Å². The predicted octanol–water partition coefficient (Wildman–Crippen LogP) is 1.58. The molecule has 0 unspecified atom stereocenters. The zero-order valence-corrected chi connectivity index (χ0v) is 13.5. The highest BCUT2D eigenvalue weighted by atomic mass is 32.2. The van der Waals surface area contributed by atoms with E-state index in [2.05, 4.69) is 4.72 Å². The Hall–Kier alpha value is -1.11. The summed E-state index contributed by atoms with van der Waals surface area (Å²) in [5.74, 6) is 0. The van der Waals surface area contributed by atoms with Gasteiger partial charge in [-0.25, -0.2) is 13.1 Å². The Morgan fingerprint density at radius 1 is 1.30 bits per heavy atom. The van der Waals surface area contributed by atoms with Gasteiger partial charge in [-0.2, -0.15) is 0 Å². The Labute approximate surface area is 121 Å². The molecular formula is C14H24N2O3S. The van der Waals surface area contributed by atoms with E-state index >= 15 is 0 Å². The van der Waals surface area contributed by atoms with E-state index in [1.54, 1.807) is 63.9 Å². The van der Waals surface area contributed by atoms with Gasteiger partial charge in [0, 0.05) is 19.6 Å². The van der Waals surface area contributed by atoms with E-state index in [0.29, 0.717) is 12.2 Å². The molecule has 0 aliphatic carbocycles. The fraction of sp³-hybridized carbons (Fsp3) is 0.571. The van der Waals surface area contributed by atoms with Gasteiger partial charge in [-0.1, -0.05) is 12.1 Å². The summed E-state index contributed by atoms with van der Waals surface area (Å²) in [7, 11) is -1.80. The summed E-state index contributed by atoms with van der Waals surface area (Å²) in [6.45, 7) is 7.27. The molecular weight excluding hydrogens is 276 g/mol. The number of sulfonamides is 1. The Morgan fingerprint density at radius 2 is 1.85 bits per heavy atom. The number of likely N-dealkylation sites (N-methyl/N-ethyl adjacent to an activating group) is 1. The van der Waals surface area contributed by atoms with Gasteiger partial charge >= 0.3 is 0 Å². The van der Waals surface area contributed by atoms with Crippen LogP contribution in [0.5, 0.6) is 0 Å². The third-order valence-corrected chi connectivity index (χ3v) is 4.29. The van der Waals surface area contributed by atoms with Crippen molar-refractivity contribution < 1.29 is 13.5 Å². The van der Waals surface area contributed by atoms with Crippen LogP contribution in [0.4, 0.5) is 5.69 Å². The molecule has 0 spiro atoms. The minimum Gasteiger partial charge on any atom is -0.389 e. The van der Waals surface area contributed by atoms with E-state index in [1.807, 2.05) is 0 Å². The topological polar surface area (TPSA) is 69.6 Å². The number of nitrogens with one attached hydrogen (secondary N) is 1. The summed E-state index contributed by atoms with van der Waals surface area (Å²) >= 11 is 0. The molecule has 114 valence electrons. The second kappa shape index (κ2) is 6.11. The molecule has 20 heavy (non-hydrogen) atoms. The lowest BCUT2D eigenvalue weighted by atomic mass is 10.1. The molecule has 1 rings (SSSR count). The summed E-state index contributed by atoms with van der Waals surface area (Å²) in [5, 5.41) is 9.88. The maximum Gasteiger partial charge on any atom is 0.242 e. The van der Waals surface area contributed by atoms with Gasteiger partial charge in [0.15, 0.2) is 0 Å².